The van der Waals surface area contributed by atoms with Crippen LogP contribution in [0.25, 0.3) is 0 Å². The molecular formula is C17H21NO3. The number of carboxylic acid groups (broad SMARTS) is 1. The van der Waals surface area contributed by atoms with Crippen LogP contribution in [0.1, 0.15) is 50.0 Å². The summed E-state index contributed by atoms with van der Waals surface area (Å²) in [5, 5.41) is 9.05. The van der Waals surface area contributed by atoms with E-state index < -0.39 is 5.97 Å². The van der Waals surface area contributed by atoms with Gasteiger partial charge in [0.2, 0.25) is 5.91 Å². The van der Waals surface area contributed by atoms with E-state index >= 15 is 0 Å². The Bertz CT molecular complexity index is 549. The Kier molecular flexibility index (Phi) is 3.95. The highest BCUT2D eigenvalue weighted by Crippen LogP contribution is 2.39. The summed E-state index contributed by atoms with van der Waals surface area (Å²) in [5.74, 6) is -0.212. The van der Waals surface area contributed by atoms with Gasteiger partial charge in [-0.05, 0) is 30.4 Å². The largest absolute Gasteiger partial charge is 0.481 e. The standard InChI is InChI=1S/C17H21NO3/c19-16(9-12-5-1-2-6-12)18-11-13(10-17(20)21)14-7-3-4-8-15(14)18/h3-4,7-8,12-13H,1-2,5-6,9-11H2,(H,20,21). The number of hydrogen-bond acceptors (Lipinski definition) is 2. The normalized spacial score (nSPS) is 21.5. The number of aliphatic carboxylic acids is 1. The molecule has 112 valence electrons. The number of amides is 1. The predicted molar refractivity (Wildman–Crippen MR) is 80.4 cm³/mol. The number of rotatable bonds is 4. The fraction of sp³-hybridized carbons (Fsp3) is 0.529. The quantitative estimate of drug-likeness (QED) is 0.925. The molecule has 0 saturated heterocycles. The molecule has 1 N–H and O–H groups in total. The van der Waals surface area contributed by atoms with E-state index in [0.29, 0.717) is 18.9 Å². The fourth-order valence-corrected chi connectivity index (χ4v) is 3.69. The number of para-hydroxylation sites is 1. The third-order valence-electron chi connectivity index (χ3n) is 4.73. The maximum absolute atomic E-state index is 12.6. The van der Waals surface area contributed by atoms with Gasteiger partial charge in [-0.1, -0.05) is 31.0 Å². The first-order chi connectivity index (χ1) is 10.1. The van der Waals surface area contributed by atoms with Crippen LogP contribution in [-0.4, -0.2) is 23.5 Å². The van der Waals surface area contributed by atoms with Gasteiger partial charge in [0.15, 0.2) is 0 Å². The SMILES string of the molecule is O=C(O)CC1CN(C(=O)CC2CCCC2)c2ccccc21. The van der Waals surface area contributed by atoms with Gasteiger partial charge >= 0.3 is 5.97 Å². The molecule has 1 fully saturated rings. The van der Waals surface area contributed by atoms with E-state index in [1.54, 1.807) is 4.90 Å². The zero-order valence-electron chi connectivity index (χ0n) is 12.1. The van der Waals surface area contributed by atoms with Crippen molar-refractivity contribution < 1.29 is 14.7 Å². The molecule has 0 bridgehead atoms. The summed E-state index contributed by atoms with van der Waals surface area (Å²) in [6.45, 7) is 0.511. The van der Waals surface area contributed by atoms with E-state index in [9.17, 15) is 9.59 Å². The number of carbonyl (C=O) groups excluding carboxylic acids is 1. The molecule has 1 amide bonds. The summed E-state index contributed by atoms with van der Waals surface area (Å²) in [6, 6.07) is 7.71. The van der Waals surface area contributed by atoms with E-state index in [0.717, 1.165) is 24.1 Å². The summed E-state index contributed by atoms with van der Waals surface area (Å²) in [7, 11) is 0. The van der Waals surface area contributed by atoms with E-state index in [-0.39, 0.29) is 18.2 Å². The molecule has 0 aromatic heterocycles. The van der Waals surface area contributed by atoms with Gasteiger partial charge in [0, 0.05) is 24.6 Å². The topological polar surface area (TPSA) is 57.6 Å². The Hall–Kier alpha value is -1.84. The summed E-state index contributed by atoms with van der Waals surface area (Å²) >= 11 is 0. The van der Waals surface area contributed by atoms with E-state index in [2.05, 4.69) is 0 Å². The van der Waals surface area contributed by atoms with Crippen molar-refractivity contribution in [3.63, 3.8) is 0 Å². The van der Waals surface area contributed by atoms with Gasteiger partial charge in [0.25, 0.3) is 0 Å². The lowest BCUT2D eigenvalue weighted by Crippen LogP contribution is -2.31. The van der Waals surface area contributed by atoms with Crippen LogP contribution in [0.2, 0.25) is 0 Å². The van der Waals surface area contributed by atoms with Crippen molar-refractivity contribution in [1.82, 2.24) is 0 Å². The van der Waals surface area contributed by atoms with Crippen LogP contribution in [-0.2, 0) is 9.59 Å². The van der Waals surface area contributed by atoms with Crippen molar-refractivity contribution in [2.45, 2.75) is 44.4 Å². The highest BCUT2D eigenvalue weighted by Gasteiger charge is 2.34. The van der Waals surface area contributed by atoms with Crippen molar-refractivity contribution in [2.24, 2.45) is 5.92 Å². The maximum Gasteiger partial charge on any atom is 0.304 e. The second-order valence-electron chi connectivity index (χ2n) is 6.21. The number of hydrogen-bond donors (Lipinski definition) is 1. The van der Waals surface area contributed by atoms with Crippen molar-refractivity contribution in [2.75, 3.05) is 11.4 Å². The Labute approximate surface area is 124 Å². The molecule has 1 unspecified atom stereocenters. The highest BCUT2D eigenvalue weighted by atomic mass is 16.4. The number of fused-ring (bicyclic) bond motifs is 1. The number of carboxylic acids is 1. The lowest BCUT2D eigenvalue weighted by atomic mass is 9.98. The fourth-order valence-electron chi connectivity index (χ4n) is 3.69. The van der Waals surface area contributed by atoms with Gasteiger partial charge in [-0.15, -0.1) is 0 Å². The second kappa shape index (κ2) is 5.88. The van der Waals surface area contributed by atoms with Gasteiger partial charge in [-0.2, -0.15) is 0 Å². The molecule has 1 atom stereocenters. The summed E-state index contributed by atoms with van der Waals surface area (Å²) in [4.78, 5) is 25.4. The molecule has 2 aliphatic rings. The molecule has 4 heteroatoms. The number of nitrogens with zero attached hydrogens (tertiary/aromatic N) is 1. The predicted octanol–water partition coefficient (Wildman–Crippen LogP) is 3.17. The van der Waals surface area contributed by atoms with Crippen molar-refractivity contribution >= 4 is 17.6 Å². The molecule has 0 radical (unpaired) electrons. The Morgan fingerprint density at radius 2 is 1.86 bits per heavy atom. The molecule has 1 aliphatic heterocycles. The van der Waals surface area contributed by atoms with Gasteiger partial charge in [0.1, 0.15) is 0 Å². The van der Waals surface area contributed by atoms with Crippen LogP contribution in [0.15, 0.2) is 24.3 Å². The number of carbonyl (C=O) groups is 2. The monoisotopic (exact) mass is 287 g/mol. The smallest absolute Gasteiger partial charge is 0.304 e. The number of anilines is 1. The molecule has 1 aromatic rings. The summed E-state index contributed by atoms with van der Waals surface area (Å²) < 4.78 is 0. The first-order valence-corrected chi connectivity index (χ1v) is 7.76. The van der Waals surface area contributed by atoms with Gasteiger partial charge in [0.05, 0.1) is 6.42 Å². The minimum atomic E-state index is -0.806. The van der Waals surface area contributed by atoms with E-state index in [4.69, 9.17) is 5.11 Å². The Balaban J connectivity index is 1.76. The summed E-state index contributed by atoms with van der Waals surface area (Å²) in [6.07, 6.45) is 5.46. The minimum Gasteiger partial charge on any atom is -0.481 e. The average molecular weight is 287 g/mol. The third-order valence-corrected chi connectivity index (χ3v) is 4.73. The number of benzene rings is 1. The van der Waals surface area contributed by atoms with Crippen LogP contribution >= 0.6 is 0 Å². The van der Waals surface area contributed by atoms with Gasteiger partial charge in [-0.3, -0.25) is 9.59 Å². The molecule has 3 rings (SSSR count). The average Bonchev–Trinajstić information content (AvgIpc) is 3.07. The maximum atomic E-state index is 12.6. The Morgan fingerprint density at radius 1 is 1.14 bits per heavy atom. The van der Waals surface area contributed by atoms with Crippen LogP contribution in [0.4, 0.5) is 5.69 Å². The van der Waals surface area contributed by atoms with E-state index in [1.165, 1.54) is 12.8 Å². The van der Waals surface area contributed by atoms with Crippen LogP contribution in [0, 0.1) is 5.92 Å². The molecule has 1 heterocycles. The lowest BCUT2D eigenvalue weighted by Gasteiger charge is -2.20. The summed E-state index contributed by atoms with van der Waals surface area (Å²) in [5.41, 5.74) is 1.91. The first kappa shape index (κ1) is 14.1. The molecule has 1 saturated carbocycles. The lowest BCUT2D eigenvalue weighted by molar-refractivity contribution is -0.137. The molecule has 0 spiro atoms. The third kappa shape index (κ3) is 2.94. The molecule has 1 aromatic carbocycles. The Morgan fingerprint density at radius 3 is 2.57 bits per heavy atom. The van der Waals surface area contributed by atoms with Gasteiger partial charge < -0.3 is 10.0 Å². The van der Waals surface area contributed by atoms with Crippen LogP contribution in [0.3, 0.4) is 0 Å². The van der Waals surface area contributed by atoms with Crippen LogP contribution < -0.4 is 4.90 Å². The second-order valence-corrected chi connectivity index (χ2v) is 6.21. The van der Waals surface area contributed by atoms with Crippen molar-refractivity contribution in [3.05, 3.63) is 29.8 Å². The van der Waals surface area contributed by atoms with Gasteiger partial charge in [-0.25, -0.2) is 0 Å². The van der Waals surface area contributed by atoms with Crippen molar-refractivity contribution in [1.29, 1.82) is 0 Å². The minimum absolute atomic E-state index is 0.0776. The first-order valence-electron chi connectivity index (χ1n) is 7.76. The molecule has 1 aliphatic carbocycles. The van der Waals surface area contributed by atoms with E-state index in [1.807, 2.05) is 24.3 Å². The van der Waals surface area contributed by atoms with Crippen molar-refractivity contribution in [3.8, 4) is 0 Å². The zero-order chi connectivity index (χ0) is 14.8. The van der Waals surface area contributed by atoms with Crippen LogP contribution in [0.5, 0.6) is 0 Å². The molecule has 4 nitrogen and oxygen atoms in total. The molecule has 21 heavy (non-hydrogen) atoms. The molecular weight excluding hydrogens is 266 g/mol. The highest BCUT2D eigenvalue weighted by molar-refractivity contribution is 5.96. The zero-order valence-corrected chi connectivity index (χ0v) is 12.1.